The van der Waals surface area contributed by atoms with E-state index in [2.05, 4.69) is 5.32 Å². The Morgan fingerprint density at radius 3 is 2.27 bits per heavy atom. The molecule has 1 aromatic carbocycles. The lowest BCUT2D eigenvalue weighted by Crippen LogP contribution is -2.53. The van der Waals surface area contributed by atoms with Crippen molar-refractivity contribution in [3.8, 4) is 0 Å². The van der Waals surface area contributed by atoms with Crippen LogP contribution in [-0.4, -0.2) is 41.3 Å². The molecular formula is C19H29N5O2. The minimum Gasteiger partial charge on any atom is -0.370 e. The summed E-state index contributed by atoms with van der Waals surface area (Å²) in [6.07, 6.45) is 1.75. The van der Waals surface area contributed by atoms with Crippen LogP contribution in [0.25, 0.3) is 0 Å². The number of nitrogens with two attached hydrogens (primary N) is 2. The summed E-state index contributed by atoms with van der Waals surface area (Å²) in [7, 11) is 0. The summed E-state index contributed by atoms with van der Waals surface area (Å²) in [5.41, 5.74) is 14.0. The van der Waals surface area contributed by atoms with E-state index >= 15 is 0 Å². The van der Waals surface area contributed by atoms with Gasteiger partial charge < -0.3 is 16.4 Å². The molecule has 0 saturated carbocycles. The number of rotatable bonds is 3. The second-order valence-corrected chi connectivity index (χ2v) is 7.68. The first-order chi connectivity index (χ1) is 12.0. The second-order valence-electron chi connectivity index (χ2n) is 7.68. The molecule has 7 heteroatoms. The first-order valence-electron chi connectivity index (χ1n) is 8.85. The number of benzene rings is 1. The van der Waals surface area contributed by atoms with E-state index in [1.807, 2.05) is 30.9 Å². The number of hydrogen-bond donors (Lipinski definition) is 4. The molecule has 0 atom stereocenters. The van der Waals surface area contributed by atoms with Crippen molar-refractivity contribution in [3.05, 3.63) is 34.4 Å². The van der Waals surface area contributed by atoms with Crippen molar-refractivity contribution in [2.45, 2.75) is 52.0 Å². The van der Waals surface area contributed by atoms with E-state index in [4.69, 9.17) is 16.9 Å². The van der Waals surface area contributed by atoms with Crippen molar-refractivity contribution < 1.29 is 9.59 Å². The molecule has 142 valence electrons. The Kier molecular flexibility index (Phi) is 5.71. The van der Waals surface area contributed by atoms with Gasteiger partial charge in [0.25, 0.3) is 5.91 Å². The van der Waals surface area contributed by atoms with Gasteiger partial charge in [-0.15, -0.1) is 0 Å². The molecule has 0 spiro atoms. The Morgan fingerprint density at radius 1 is 1.19 bits per heavy atom. The van der Waals surface area contributed by atoms with Gasteiger partial charge in [0.15, 0.2) is 5.96 Å². The van der Waals surface area contributed by atoms with Crippen LogP contribution in [0.5, 0.6) is 0 Å². The summed E-state index contributed by atoms with van der Waals surface area (Å²) in [5.74, 6) is -0.394. The number of carbonyl (C=O) groups excluding carboxylic acids is 2. The van der Waals surface area contributed by atoms with Gasteiger partial charge >= 0.3 is 0 Å². The number of likely N-dealkylation sites (tertiary alicyclic amines) is 1. The zero-order valence-electron chi connectivity index (χ0n) is 16.0. The molecule has 1 aliphatic heterocycles. The molecule has 0 unspecified atom stereocenters. The summed E-state index contributed by atoms with van der Waals surface area (Å²) < 4.78 is 0. The van der Waals surface area contributed by atoms with Crippen molar-refractivity contribution in [2.75, 3.05) is 13.1 Å². The van der Waals surface area contributed by atoms with Gasteiger partial charge in [0.05, 0.1) is 5.54 Å². The molecule has 1 aromatic rings. The van der Waals surface area contributed by atoms with Gasteiger partial charge in [0.1, 0.15) is 0 Å². The minimum absolute atomic E-state index is 0.0138. The van der Waals surface area contributed by atoms with Crippen molar-refractivity contribution >= 4 is 17.8 Å². The van der Waals surface area contributed by atoms with Gasteiger partial charge in [0.2, 0.25) is 5.91 Å². The largest absolute Gasteiger partial charge is 0.370 e. The summed E-state index contributed by atoms with van der Waals surface area (Å²) in [6, 6.07) is 3.89. The van der Waals surface area contributed by atoms with E-state index in [1.165, 1.54) is 5.56 Å². The SMILES string of the molecule is Cc1cc(C2CCN(C(=O)C(C)(C)N)CC2)c(C)cc1C(=O)NC(=N)N. The summed E-state index contributed by atoms with van der Waals surface area (Å²) in [5, 5.41) is 9.53. The maximum atomic E-state index is 12.3. The first-order valence-corrected chi connectivity index (χ1v) is 8.85. The summed E-state index contributed by atoms with van der Waals surface area (Å²) in [4.78, 5) is 26.3. The highest BCUT2D eigenvalue weighted by Gasteiger charge is 2.31. The Bertz CT molecular complexity index is 728. The molecule has 26 heavy (non-hydrogen) atoms. The fourth-order valence-electron chi connectivity index (χ4n) is 3.51. The highest BCUT2D eigenvalue weighted by atomic mass is 16.2. The number of nitrogens with zero attached hydrogens (tertiary/aromatic N) is 1. The zero-order valence-corrected chi connectivity index (χ0v) is 16.0. The van der Waals surface area contributed by atoms with Gasteiger partial charge in [-0.2, -0.15) is 0 Å². The number of amides is 2. The maximum absolute atomic E-state index is 12.3. The highest BCUT2D eigenvalue weighted by molar-refractivity contribution is 6.05. The number of aryl methyl sites for hydroxylation is 2. The molecule has 2 rings (SSSR count). The zero-order chi connectivity index (χ0) is 19.6. The Balaban J connectivity index is 2.14. The van der Waals surface area contributed by atoms with Crippen LogP contribution in [0.3, 0.4) is 0 Å². The lowest BCUT2D eigenvalue weighted by molar-refractivity contribution is -0.136. The van der Waals surface area contributed by atoms with Crippen molar-refractivity contribution in [1.29, 1.82) is 5.41 Å². The second kappa shape index (κ2) is 7.45. The van der Waals surface area contributed by atoms with Gasteiger partial charge in [0, 0.05) is 18.7 Å². The van der Waals surface area contributed by atoms with Crippen LogP contribution in [-0.2, 0) is 4.79 Å². The van der Waals surface area contributed by atoms with E-state index in [-0.39, 0.29) is 17.8 Å². The Morgan fingerprint density at radius 2 is 1.77 bits per heavy atom. The molecular weight excluding hydrogens is 330 g/mol. The molecule has 1 aliphatic rings. The minimum atomic E-state index is -0.842. The third kappa shape index (κ3) is 4.40. The van der Waals surface area contributed by atoms with Gasteiger partial charge in [-0.25, -0.2) is 0 Å². The lowest BCUT2D eigenvalue weighted by atomic mass is 9.84. The third-order valence-electron chi connectivity index (χ3n) is 4.88. The van der Waals surface area contributed by atoms with Gasteiger partial charge in [-0.3, -0.25) is 20.3 Å². The fraction of sp³-hybridized carbons (Fsp3) is 0.526. The van der Waals surface area contributed by atoms with E-state index in [0.717, 1.165) is 24.0 Å². The molecule has 7 nitrogen and oxygen atoms in total. The van der Waals surface area contributed by atoms with E-state index in [9.17, 15) is 9.59 Å². The normalized spacial score (nSPS) is 15.7. The third-order valence-corrected chi connectivity index (χ3v) is 4.88. The van der Waals surface area contributed by atoms with Crippen LogP contribution in [0, 0.1) is 19.3 Å². The van der Waals surface area contributed by atoms with Gasteiger partial charge in [-0.05, 0) is 69.2 Å². The Hall–Kier alpha value is -2.41. The topological polar surface area (TPSA) is 125 Å². The summed E-state index contributed by atoms with van der Waals surface area (Å²) in [6.45, 7) is 8.72. The number of piperidine rings is 1. The van der Waals surface area contributed by atoms with Crippen LogP contribution in [0.4, 0.5) is 0 Å². The molecule has 1 heterocycles. The smallest absolute Gasteiger partial charge is 0.258 e. The predicted octanol–water partition coefficient (Wildman–Crippen LogP) is 1.37. The molecule has 0 radical (unpaired) electrons. The van der Waals surface area contributed by atoms with Crippen LogP contribution in [0.2, 0.25) is 0 Å². The fourth-order valence-corrected chi connectivity index (χ4v) is 3.51. The standard InChI is InChI=1S/C19H29N5O2/c1-11-10-15(16(25)23-18(20)21)12(2)9-14(11)13-5-7-24(8-6-13)17(26)19(3,4)22/h9-10,13H,5-8,22H2,1-4H3,(H4,20,21,23,25). The van der Waals surface area contributed by atoms with Crippen molar-refractivity contribution in [3.63, 3.8) is 0 Å². The highest BCUT2D eigenvalue weighted by Crippen LogP contribution is 2.32. The molecule has 6 N–H and O–H groups in total. The number of carbonyl (C=O) groups is 2. The lowest BCUT2D eigenvalue weighted by Gasteiger charge is -2.36. The predicted molar refractivity (Wildman–Crippen MR) is 102 cm³/mol. The van der Waals surface area contributed by atoms with E-state index in [0.29, 0.717) is 24.6 Å². The quantitative estimate of drug-likeness (QED) is 0.480. The molecule has 0 aliphatic carbocycles. The Labute approximate surface area is 154 Å². The monoisotopic (exact) mass is 359 g/mol. The maximum Gasteiger partial charge on any atom is 0.258 e. The van der Waals surface area contributed by atoms with Gasteiger partial charge in [-0.1, -0.05) is 6.07 Å². The number of nitrogens with one attached hydrogen (secondary N) is 2. The van der Waals surface area contributed by atoms with Crippen molar-refractivity contribution in [2.24, 2.45) is 11.5 Å². The molecule has 2 amide bonds. The molecule has 1 fully saturated rings. The number of guanidine groups is 1. The number of hydrogen-bond acceptors (Lipinski definition) is 4. The van der Waals surface area contributed by atoms with E-state index in [1.54, 1.807) is 13.8 Å². The molecule has 1 saturated heterocycles. The van der Waals surface area contributed by atoms with Crippen LogP contribution in [0.15, 0.2) is 12.1 Å². The average molecular weight is 359 g/mol. The van der Waals surface area contributed by atoms with Crippen LogP contribution < -0.4 is 16.8 Å². The molecule has 0 bridgehead atoms. The first kappa shape index (κ1) is 19.9. The van der Waals surface area contributed by atoms with Crippen molar-refractivity contribution in [1.82, 2.24) is 10.2 Å². The van der Waals surface area contributed by atoms with Crippen LogP contribution in [0.1, 0.15) is 59.7 Å². The average Bonchev–Trinajstić information content (AvgIpc) is 2.54. The molecule has 0 aromatic heterocycles. The summed E-state index contributed by atoms with van der Waals surface area (Å²) >= 11 is 0. The van der Waals surface area contributed by atoms with Crippen LogP contribution >= 0.6 is 0 Å². The van der Waals surface area contributed by atoms with E-state index < -0.39 is 5.54 Å².